The van der Waals surface area contributed by atoms with E-state index in [0.29, 0.717) is 35.6 Å². The Kier molecular flexibility index (Phi) is 5.24. The summed E-state index contributed by atoms with van der Waals surface area (Å²) < 4.78 is 15.9. The molecule has 2 aromatic rings. The van der Waals surface area contributed by atoms with Gasteiger partial charge in [-0.2, -0.15) is 0 Å². The average Bonchev–Trinajstić information content (AvgIpc) is 3.42. The van der Waals surface area contributed by atoms with Crippen LogP contribution in [0.15, 0.2) is 33.4 Å². The standard InChI is InChI=1S/C21H26N2O5/c1-13-5-3-6-17(14(13)2)23-11-15(9-20(23)24)21(25)27-12-16-10-19(28-22-16)18-7-4-8-26-18/h4,7-8,10,13-15,17H,3,5-6,9,11-12H2,1-2H3/t13-,14-,15-,17+/m1/s1. The lowest BCUT2D eigenvalue weighted by molar-refractivity contribution is -0.149. The molecule has 3 heterocycles. The molecule has 0 unspecified atom stereocenters. The van der Waals surface area contributed by atoms with Gasteiger partial charge in [0.25, 0.3) is 0 Å². The minimum atomic E-state index is -0.409. The topological polar surface area (TPSA) is 85.8 Å². The van der Waals surface area contributed by atoms with Gasteiger partial charge in [-0.1, -0.05) is 31.8 Å². The van der Waals surface area contributed by atoms with E-state index in [4.69, 9.17) is 13.7 Å². The van der Waals surface area contributed by atoms with Crippen molar-refractivity contribution in [2.75, 3.05) is 6.54 Å². The number of likely N-dealkylation sites (tertiary alicyclic amines) is 1. The van der Waals surface area contributed by atoms with Crippen LogP contribution in [-0.4, -0.2) is 34.5 Å². The van der Waals surface area contributed by atoms with Gasteiger partial charge < -0.3 is 18.6 Å². The van der Waals surface area contributed by atoms with Crippen molar-refractivity contribution < 1.29 is 23.3 Å². The Hall–Kier alpha value is -2.57. The minimum Gasteiger partial charge on any atom is -0.461 e. The molecule has 0 N–H and O–H groups in total. The molecule has 4 atom stereocenters. The van der Waals surface area contributed by atoms with Gasteiger partial charge >= 0.3 is 5.97 Å². The molecule has 150 valence electrons. The molecule has 0 aromatic carbocycles. The Labute approximate surface area is 164 Å². The van der Waals surface area contributed by atoms with E-state index >= 15 is 0 Å². The first kappa shape index (κ1) is 18.8. The van der Waals surface area contributed by atoms with Crippen LogP contribution in [0.4, 0.5) is 0 Å². The largest absolute Gasteiger partial charge is 0.461 e. The van der Waals surface area contributed by atoms with Gasteiger partial charge in [0, 0.05) is 25.1 Å². The second-order valence-electron chi connectivity index (χ2n) is 8.05. The number of hydrogen-bond donors (Lipinski definition) is 0. The molecule has 7 nitrogen and oxygen atoms in total. The number of aromatic nitrogens is 1. The number of ether oxygens (including phenoxy) is 1. The van der Waals surface area contributed by atoms with Crippen molar-refractivity contribution in [2.24, 2.45) is 17.8 Å². The minimum absolute atomic E-state index is 0.0185. The highest BCUT2D eigenvalue weighted by Crippen LogP contribution is 2.36. The highest BCUT2D eigenvalue weighted by Gasteiger charge is 2.42. The molecule has 0 bridgehead atoms. The Morgan fingerprint density at radius 3 is 2.96 bits per heavy atom. The second-order valence-corrected chi connectivity index (χ2v) is 8.05. The van der Waals surface area contributed by atoms with E-state index < -0.39 is 5.92 Å². The first-order chi connectivity index (χ1) is 13.5. The Bertz CT molecular complexity index is 828. The van der Waals surface area contributed by atoms with Crippen LogP contribution in [0.2, 0.25) is 0 Å². The Morgan fingerprint density at radius 1 is 1.32 bits per heavy atom. The van der Waals surface area contributed by atoms with E-state index in [1.54, 1.807) is 24.5 Å². The molecular formula is C21H26N2O5. The molecule has 0 radical (unpaired) electrons. The molecule has 1 amide bonds. The molecule has 1 saturated carbocycles. The Morgan fingerprint density at radius 2 is 2.18 bits per heavy atom. The van der Waals surface area contributed by atoms with E-state index in [2.05, 4.69) is 19.0 Å². The van der Waals surface area contributed by atoms with Gasteiger partial charge in [-0.05, 0) is 30.4 Å². The van der Waals surface area contributed by atoms with Crippen molar-refractivity contribution in [3.05, 3.63) is 30.2 Å². The lowest BCUT2D eigenvalue weighted by atomic mass is 9.77. The quantitative estimate of drug-likeness (QED) is 0.729. The SMILES string of the molecule is C[C@@H]1[C@H](C)CCC[C@@H]1N1C[C@H](C(=O)OCc2cc(-c3ccco3)on2)CC1=O. The lowest BCUT2D eigenvalue weighted by Crippen LogP contribution is -2.45. The number of hydrogen-bond acceptors (Lipinski definition) is 6. The van der Waals surface area contributed by atoms with Crippen molar-refractivity contribution in [1.29, 1.82) is 0 Å². The Balaban J connectivity index is 1.32. The molecule has 4 rings (SSSR count). The molecule has 1 aliphatic heterocycles. The van der Waals surface area contributed by atoms with E-state index in [9.17, 15) is 9.59 Å². The predicted molar refractivity (Wildman–Crippen MR) is 99.8 cm³/mol. The van der Waals surface area contributed by atoms with Crippen LogP contribution in [0.1, 0.15) is 45.2 Å². The summed E-state index contributed by atoms with van der Waals surface area (Å²) in [5.41, 5.74) is 0.510. The zero-order valence-corrected chi connectivity index (χ0v) is 16.3. The van der Waals surface area contributed by atoms with Gasteiger partial charge in [0.2, 0.25) is 11.7 Å². The highest BCUT2D eigenvalue weighted by molar-refractivity contribution is 5.87. The van der Waals surface area contributed by atoms with Gasteiger partial charge in [0.05, 0.1) is 12.2 Å². The summed E-state index contributed by atoms with van der Waals surface area (Å²) in [5, 5.41) is 3.90. The van der Waals surface area contributed by atoms with Crippen LogP contribution in [0.25, 0.3) is 11.5 Å². The normalized spacial score (nSPS) is 27.9. The van der Waals surface area contributed by atoms with Gasteiger partial charge in [-0.15, -0.1) is 0 Å². The fourth-order valence-corrected chi connectivity index (χ4v) is 4.38. The number of carbonyl (C=O) groups excluding carboxylic acids is 2. The van der Waals surface area contributed by atoms with Crippen LogP contribution < -0.4 is 0 Å². The zero-order valence-electron chi connectivity index (χ0n) is 16.3. The van der Waals surface area contributed by atoms with Gasteiger partial charge in [-0.25, -0.2) is 0 Å². The summed E-state index contributed by atoms with van der Waals surface area (Å²) in [7, 11) is 0. The number of rotatable bonds is 5. The predicted octanol–water partition coefficient (Wildman–Crippen LogP) is 3.65. The molecule has 2 fully saturated rings. The van der Waals surface area contributed by atoms with Crippen molar-refractivity contribution in [3.63, 3.8) is 0 Å². The fraction of sp³-hybridized carbons (Fsp3) is 0.571. The van der Waals surface area contributed by atoms with Crippen LogP contribution in [-0.2, 0) is 20.9 Å². The molecular weight excluding hydrogens is 360 g/mol. The van der Waals surface area contributed by atoms with E-state index in [1.165, 1.54) is 6.42 Å². The van der Waals surface area contributed by atoms with E-state index in [1.807, 2.05) is 4.90 Å². The monoisotopic (exact) mass is 386 g/mol. The molecule has 1 saturated heterocycles. The van der Waals surface area contributed by atoms with E-state index in [-0.39, 0.29) is 30.9 Å². The third-order valence-electron chi connectivity index (χ3n) is 6.24. The summed E-state index contributed by atoms with van der Waals surface area (Å²) in [6.07, 6.45) is 5.15. The third kappa shape index (κ3) is 3.70. The van der Waals surface area contributed by atoms with Crippen molar-refractivity contribution in [3.8, 4) is 11.5 Å². The van der Waals surface area contributed by atoms with Crippen molar-refractivity contribution in [2.45, 2.75) is 52.2 Å². The van der Waals surface area contributed by atoms with Crippen LogP contribution in [0.5, 0.6) is 0 Å². The van der Waals surface area contributed by atoms with Crippen molar-refractivity contribution in [1.82, 2.24) is 10.1 Å². The molecule has 7 heteroatoms. The number of furan rings is 1. The number of esters is 1. The molecule has 2 aromatic heterocycles. The zero-order chi connectivity index (χ0) is 19.7. The first-order valence-electron chi connectivity index (χ1n) is 9.98. The summed E-state index contributed by atoms with van der Waals surface area (Å²) in [5.74, 6) is 1.42. The van der Waals surface area contributed by atoms with Crippen LogP contribution in [0, 0.1) is 17.8 Å². The highest BCUT2D eigenvalue weighted by atomic mass is 16.5. The summed E-state index contributed by atoms with van der Waals surface area (Å²) >= 11 is 0. The summed E-state index contributed by atoms with van der Waals surface area (Å²) in [6.45, 7) is 4.94. The van der Waals surface area contributed by atoms with E-state index in [0.717, 1.165) is 12.8 Å². The first-order valence-corrected chi connectivity index (χ1v) is 9.98. The van der Waals surface area contributed by atoms with Crippen LogP contribution in [0.3, 0.4) is 0 Å². The van der Waals surface area contributed by atoms with Gasteiger partial charge in [0.1, 0.15) is 12.3 Å². The molecule has 28 heavy (non-hydrogen) atoms. The summed E-state index contributed by atoms with van der Waals surface area (Å²) in [6, 6.07) is 5.44. The smallest absolute Gasteiger partial charge is 0.311 e. The fourth-order valence-electron chi connectivity index (χ4n) is 4.38. The molecule has 1 aliphatic carbocycles. The van der Waals surface area contributed by atoms with Crippen LogP contribution >= 0.6 is 0 Å². The van der Waals surface area contributed by atoms with Gasteiger partial charge in [0.15, 0.2) is 5.76 Å². The summed E-state index contributed by atoms with van der Waals surface area (Å²) in [4.78, 5) is 26.9. The lowest BCUT2D eigenvalue weighted by Gasteiger charge is -2.39. The third-order valence-corrected chi connectivity index (χ3v) is 6.24. The number of carbonyl (C=O) groups is 2. The maximum absolute atomic E-state index is 12.5. The second kappa shape index (κ2) is 7.81. The molecule has 2 aliphatic rings. The average molecular weight is 386 g/mol. The van der Waals surface area contributed by atoms with Gasteiger partial charge in [-0.3, -0.25) is 9.59 Å². The maximum Gasteiger partial charge on any atom is 0.311 e. The number of amides is 1. The molecule has 0 spiro atoms. The maximum atomic E-state index is 12.5. The van der Waals surface area contributed by atoms with Crippen molar-refractivity contribution >= 4 is 11.9 Å². The number of nitrogens with zero attached hydrogens (tertiary/aromatic N) is 2.